The van der Waals surface area contributed by atoms with Gasteiger partial charge in [-0.1, -0.05) is 25.1 Å². The Kier molecular flexibility index (Phi) is 2.77. The summed E-state index contributed by atoms with van der Waals surface area (Å²) < 4.78 is 0. The monoisotopic (exact) mass is 254 g/mol. The molecule has 5 heteroatoms. The van der Waals surface area contributed by atoms with Crippen LogP contribution in [0.4, 0.5) is 0 Å². The summed E-state index contributed by atoms with van der Waals surface area (Å²) in [5.41, 5.74) is 4.35. The van der Waals surface area contributed by atoms with E-state index in [9.17, 15) is 9.59 Å². The number of imide groups is 1. The Balaban J connectivity index is 2.35. The molecule has 0 bridgehead atoms. The van der Waals surface area contributed by atoms with Gasteiger partial charge in [-0.25, -0.2) is 0 Å². The van der Waals surface area contributed by atoms with Crippen LogP contribution in [0.1, 0.15) is 46.0 Å². The quantitative estimate of drug-likeness (QED) is 0.597. The number of likely N-dealkylation sites (tertiary alicyclic amines) is 1. The molecule has 4 nitrogen and oxygen atoms in total. The van der Waals surface area contributed by atoms with Gasteiger partial charge in [0.1, 0.15) is 0 Å². The van der Waals surface area contributed by atoms with E-state index in [1.54, 1.807) is 13.8 Å². The maximum Gasteiger partial charge on any atom is 0.236 e. The smallest absolute Gasteiger partial charge is 0.236 e. The lowest BCUT2D eigenvalue weighted by Gasteiger charge is -2.34. The van der Waals surface area contributed by atoms with Crippen LogP contribution in [0.15, 0.2) is 0 Å². The molecule has 94 valence electrons. The van der Waals surface area contributed by atoms with Crippen LogP contribution in [-0.2, 0) is 9.59 Å². The van der Waals surface area contributed by atoms with Gasteiger partial charge in [-0.15, -0.1) is 0 Å². The lowest BCUT2D eigenvalue weighted by atomic mass is 9.84. The molecule has 0 atom stereocenters. The van der Waals surface area contributed by atoms with Crippen molar-refractivity contribution < 1.29 is 9.59 Å². The van der Waals surface area contributed by atoms with Crippen molar-refractivity contribution in [3.63, 3.8) is 0 Å². The van der Waals surface area contributed by atoms with Crippen molar-refractivity contribution in [1.82, 2.24) is 4.90 Å². The lowest BCUT2D eigenvalue weighted by molar-refractivity contribution is -0.144. The first-order chi connectivity index (χ1) is 7.81. The average Bonchev–Trinajstić information content (AvgIpc) is 2.75. The molecule has 1 saturated carbocycles. The highest BCUT2D eigenvalue weighted by Crippen LogP contribution is 2.48. The minimum atomic E-state index is -0.852. The van der Waals surface area contributed by atoms with E-state index < -0.39 is 11.0 Å². The summed E-state index contributed by atoms with van der Waals surface area (Å²) in [7, 11) is 0. The Bertz CT molecular complexity index is 397. The zero-order valence-electron chi connectivity index (χ0n) is 10.3. The molecule has 1 aliphatic carbocycles. The average molecular weight is 254 g/mol. The Morgan fingerprint density at radius 2 is 1.88 bits per heavy atom. The van der Waals surface area contributed by atoms with Crippen LogP contribution in [0.3, 0.4) is 0 Å². The molecule has 2 N–H and O–H groups in total. The summed E-state index contributed by atoms with van der Waals surface area (Å²) in [5.74, 6) is -0.201. The molecule has 1 saturated heterocycles. The lowest BCUT2D eigenvalue weighted by Crippen LogP contribution is -2.55. The van der Waals surface area contributed by atoms with Crippen molar-refractivity contribution in [1.29, 1.82) is 0 Å². The summed E-state index contributed by atoms with van der Waals surface area (Å²) in [5, 5.41) is 0. The van der Waals surface area contributed by atoms with Gasteiger partial charge in [-0.2, -0.15) is 0 Å². The van der Waals surface area contributed by atoms with E-state index in [0.29, 0.717) is 6.42 Å². The molecular formula is C12H18N2O2S. The minimum Gasteiger partial charge on any atom is -0.391 e. The predicted molar refractivity (Wildman–Crippen MR) is 68.2 cm³/mol. The van der Waals surface area contributed by atoms with Gasteiger partial charge in [0.2, 0.25) is 11.8 Å². The number of amides is 2. The Morgan fingerprint density at radius 1 is 1.35 bits per heavy atom. The number of nitrogens with two attached hydrogens (primary N) is 1. The first kappa shape index (κ1) is 12.5. The van der Waals surface area contributed by atoms with Gasteiger partial charge < -0.3 is 5.73 Å². The van der Waals surface area contributed by atoms with E-state index in [1.165, 1.54) is 4.90 Å². The summed E-state index contributed by atoms with van der Waals surface area (Å²) in [6.07, 6.45) is 4.03. The highest BCUT2D eigenvalue weighted by molar-refractivity contribution is 7.80. The third kappa shape index (κ3) is 1.68. The number of nitrogens with zero attached hydrogens (tertiary/aromatic N) is 1. The Hall–Kier alpha value is -0.970. The first-order valence-electron chi connectivity index (χ1n) is 5.99. The molecule has 2 rings (SSSR count). The molecule has 2 fully saturated rings. The van der Waals surface area contributed by atoms with Gasteiger partial charge in [-0.3, -0.25) is 14.5 Å². The maximum atomic E-state index is 12.5. The van der Waals surface area contributed by atoms with Gasteiger partial charge in [0, 0.05) is 6.42 Å². The standard InChI is InChI=1S/C12H18N2O2S/c1-11(2,9(13)17)14-8(15)7-12(10(14)16)5-3-4-6-12/h3-7H2,1-2H3,(H2,13,17). The zero-order valence-corrected chi connectivity index (χ0v) is 11.1. The van der Waals surface area contributed by atoms with Crippen molar-refractivity contribution in [2.75, 3.05) is 0 Å². The molecular weight excluding hydrogens is 236 g/mol. The predicted octanol–water partition coefficient (Wildman–Crippen LogP) is 1.37. The second-order valence-electron chi connectivity index (χ2n) is 5.62. The number of carbonyl (C=O) groups excluding carboxylic acids is 2. The van der Waals surface area contributed by atoms with E-state index >= 15 is 0 Å². The molecule has 0 unspecified atom stereocenters. The van der Waals surface area contributed by atoms with E-state index in [0.717, 1.165) is 25.7 Å². The number of hydrogen-bond acceptors (Lipinski definition) is 3. The molecule has 0 aromatic carbocycles. The number of thiocarbonyl (C=S) groups is 1. The van der Waals surface area contributed by atoms with E-state index in [-0.39, 0.29) is 16.8 Å². The SMILES string of the molecule is CC(C)(C(N)=S)N1C(=O)CC2(CCCC2)C1=O. The van der Waals surface area contributed by atoms with Crippen molar-refractivity contribution in [3.05, 3.63) is 0 Å². The van der Waals surface area contributed by atoms with Crippen LogP contribution >= 0.6 is 12.2 Å². The maximum absolute atomic E-state index is 12.5. The molecule has 1 heterocycles. The van der Waals surface area contributed by atoms with Crippen LogP contribution in [0.5, 0.6) is 0 Å². The molecule has 1 spiro atoms. The largest absolute Gasteiger partial charge is 0.391 e. The second-order valence-corrected chi connectivity index (χ2v) is 6.06. The van der Waals surface area contributed by atoms with Crippen molar-refractivity contribution in [2.24, 2.45) is 11.1 Å². The Labute approximate surface area is 107 Å². The highest BCUT2D eigenvalue weighted by Gasteiger charge is 2.56. The molecule has 0 radical (unpaired) electrons. The zero-order chi connectivity index (χ0) is 12.8. The van der Waals surface area contributed by atoms with Gasteiger partial charge in [0.15, 0.2) is 0 Å². The highest BCUT2D eigenvalue weighted by atomic mass is 32.1. The normalized spacial score (nSPS) is 23.8. The molecule has 1 aliphatic heterocycles. The van der Waals surface area contributed by atoms with E-state index in [4.69, 9.17) is 18.0 Å². The van der Waals surface area contributed by atoms with E-state index in [1.807, 2.05) is 0 Å². The molecule has 0 aromatic heterocycles. The van der Waals surface area contributed by atoms with Crippen LogP contribution in [0.25, 0.3) is 0 Å². The van der Waals surface area contributed by atoms with Crippen LogP contribution in [0, 0.1) is 5.41 Å². The Morgan fingerprint density at radius 3 is 2.35 bits per heavy atom. The molecule has 17 heavy (non-hydrogen) atoms. The van der Waals surface area contributed by atoms with Crippen LogP contribution < -0.4 is 5.73 Å². The van der Waals surface area contributed by atoms with Crippen molar-refractivity contribution >= 4 is 29.0 Å². The minimum absolute atomic E-state index is 0.0715. The van der Waals surface area contributed by atoms with Crippen LogP contribution in [-0.4, -0.2) is 27.2 Å². The van der Waals surface area contributed by atoms with Crippen molar-refractivity contribution in [3.8, 4) is 0 Å². The molecule has 2 amide bonds. The van der Waals surface area contributed by atoms with Crippen molar-refractivity contribution in [2.45, 2.75) is 51.5 Å². The summed E-state index contributed by atoms with van der Waals surface area (Å²) in [6.45, 7) is 3.47. The van der Waals surface area contributed by atoms with Gasteiger partial charge in [0.05, 0.1) is 15.9 Å². The van der Waals surface area contributed by atoms with E-state index in [2.05, 4.69) is 0 Å². The first-order valence-corrected chi connectivity index (χ1v) is 6.39. The number of hydrogen-bond donors (Lipinski definition) is 1. The number of carbonyl (C=O) groups is 2. The third-order valence-corrected chi connectivity index (χ3v) is 4.62. The van der Waals surface area contributed by atoms with Gasteiger partial charge in [-0.05, 0) is 26.7 Å². The topological polar surface area (TPSA) is 63.4 Å². The molecule has 0 aromatic rings. The summed E-state index contributed by atoms with van der Waals surface area (Å²) in [4.78, 5) is 26.0. The fraction of sp³-hybridized carbons (Fsp3) is 0.750. The van der Waals surface area contributed by atoms with Crippen LogP contribution in [0.2, 0.25) is 0 Å². The molecule has 2 aliphatic rings. The third-order valence-electron chi connectivity index (χ3n) is 4.12. The fourth-order valence-electron chi connectivity index (χ4n) is 2.91. The second kappa shape index (κ2) is 3.77. The summed E-state index contributed by atoms with van der Waals surface area (Å²) >= 11 is 4.97. The van der Waals surface area contributed by atoms with Gasteiger partial charge in [0.25, 0.3) is 0 Å². The number of rotatable bonds is 2. The fourth-order valence-corrected chi connectivity index (χ4v) is 3.00. The summed E-state index contributed by atoms with van der Waals surface area (Å²) in [6, 6.07) is 0. The van der Waals surface area contributed by atoms with Gasteiger partial charge >= 0.3 is 0 Å².